The van der Waals surface area contributed by atoms with Gasteiger partial charge in [0.15, 0.2) is 0 Å². The summed E-state index contributed by atoms with van der Waals surface area (Å²) in [6.07, 6.45) is 2.24. The summed E-state index contributed by atoms with van der Waals surface area (Å²) in [5, 5.41) is 2.14. The molecule has 0 radical (unpaired) electrons. The number of aryl methyl sites for hydroxylation is 1. The molecule has 0 aliphatic heterocycles. The maximum atomic E-state index is 3.77. The molecule has 1 atom stereocenters. The van der Waals surface area contributed by atoms with E-state index >= 15 is 0 Å². The average molecular weight is 301 g/mol. The minimum Gasteiger partial charge on any atom is -0.149 e. The summed E-state index contributed by atoms with van der Waals surface area (Å²) in [4.78, 5) is 4.84. The standard InChI is InChI=1S/C12H13BrS2/c1-2-9-5-6-12(15-9)11(13)8-10-4-3-7-14-10/h3-7,11H,2,8H2,1H3. The van der Waals surface area contributed by atoms with E-state index in [4.69, 9.17) is 0 Å². The lowest BCUT2D eigenvalue weighted by Gasteiger charge is -2.04. The fourth-order valence-corrected chi connectivity index (χ4v) is 4.14. The Morgan fingerprint density at radius 2 is 2.13 bits per heavy atom. The molecule has 2 aromatic rings. The van der Waals surface area contributed by atoms with Crippen LogP contribution in [0.1, 0.15) is 26.4 Å². The van der Waals surface area contributed by atoms with E-state index in [2.05, 4.69) is 52.5 Å². The normalized spacial score (nSPS) is 12.9. The summed E-state index contributed by atoms with van der Waals surface area (Å²) in [6.45, 7) is 2.21. The lowest BCUT2D eigenvalue weighted by molar-refractivity contribution is 0.992. The maximum Gasteiger partial charge on any atom is 0.0537 e. The minimum atomic E-state index is 0.474. The zero-order valence-electron chi connectivity index (χ0n) is 8.57. The molecule has 0 amide bonds. The second-order valence-electron chi connectivity index (χ2n) is 3.41. The van der Waals surface area contributed by atoms with Crippen molar-refractivity contribution >= 4 is 38.6 Å². The summed E-state index contributed by atoms with van der Waals surface area (Å²) in [5.74, 6) is 0. The van der Waals surface area contributed by atoms with Crippen LogP contribution in [0.2, 0.25) is 0 Å². The van der Waals surface area contributed by atoms with Crippen LogP contribution in [0.25, 0.3) is 0 Å². The first-order valence-corrected chi connectivity index (χ1v) is 7.66. The van der Waals surface area contributed by atoms with Crippen LogP contribution in [0, 0.1) is 0 Å². The van der Waals surface area contributed by atoms with Gasteiger partial charge in [-0.05, 0) is 36.4 Å². The van der Waals surface area contributed by atoms with Crippen LogP contribution in [0.3, 0.4) is 0 Å². The van der Waals surface area contributed by atoms with E-state index in [0.29, 0.717) is 4.83 Å². The minimum absolute atomic E-state index is 0.474. The van der Waals surface area contributed by atoms with Gasteiger partial charge in [-0.15, -0.1) is 22.7 Å². The molecule has 80 valence electrons. The van der Waals surface area contributed by atoms with Crippen molar-refractivity contribution in [3.05, 3.63) is 44.3 Å². The molecule has 0 aromatic carbocycles. The summed E-state index contributed by atoms with van der Waals surface area (Å²) in [5.41, 5.74) is 0. The van der Waals surface area contributed by atoms with Crippen molar-refractivity contribution in [3.8, 4) is 0 Å². The summed E-state index contributed by atoms with van der Waals surface area (Å²) >= 11 is 7.52. The second kappa shape index (κ2) is 5.28. The number of alkyl halides is 1. The number of rotatable bonds is 4. The molecule has 0 spiro atoms. The van der Waals surface area contributed by atoms with Gasteiger partial charge in [0.1, 0.15) is 0 Å². The molecule has 0 fully saturated rings. The number of thiophene rings is 2. The molecule has 0 aliphatic rings. The van der Waals surface area contributed by atoms with Gasteiger partial charge in [-0.2, -0.15) is 0 Å². The molecule has 0 saturated heterocycles. The van der Waals surface area contributed by atoms with Gasteiger partial charge in [0.2, 0.25) is 0 Å². The average Bonchev–Trinajstić information content (AvgIpc) is 2.86. The largest absolute Gasteiger partial charge is 0.149 e. The molecular weight excluding hydrogens is 288 g/mol. The fraction of sp³-hybridized carbons (Fsp3) is 0.333. The topological polar surface area (TPSA) is 0 Å². The third kappa shape index (κ3) is 2.92. The third-order valence-electron chi connectivity index (χ3n) is 2.30. The Labute approximate surface area is 107 Å². The number of hydrogen-bond donors (Lipinski definition) is 0. The van der Waals surface area contributed by atoms with Gasteiger partial charge in [-0.25, -0.2) is 0 Å². The van der Waals surface area contributed by atoms with Crippen LogP contribution < -0.4 is 0 Å². The quantitative estimate of drug-likeness (QED) is 0.693. The predicted molar refractivity (Wildman–Crippen MR) is 73.4 cm³/mol. The molecule has 0 N–H and O–H groups in total. The third-order valence-corrected chi connectivity index (χ3v) is 5.66. The molecule has 0 aliphatic carbocycles. The Morgan fingerprint density at radius 3 is 2.73 bits per heavy atom. The van der Waals surface area contributed by atoms with E-state index in [9.17, 15) is 0 Å². The zero-order valence-corrected chi connectivity index (χ0v) is 11.8. The van der Waals surface area contributed by atoms with Crippen LogP contribution in [-0.2, 0) is 12.8 Å². The van der Waals surface area contributed by atoms with Gasteiger partial charge in [-0.1, -0.05) is 28.9 Å². The maximum absolute atomic E-state index is 3.77. The van der Waals surface area contributed by atoms with Crippen molar-refractivity contribution in [2.24, 2.45) is 0 Å². The molecule has 1 unspecified atom stereocenters. The Bertz CT molecular complexity index is 403. The van der Waals surface area contributed by atoms with Crippen molar-refractivity contribution in [1.29, 1.82) is 0 Å². The lowest BCUT2D eigenvalue weighted by atomic mass is 10.2. The van der Waals surface area contributed by atoms with Gasteiger partial charge in [0, 0.05) is 14.6 Å². The Morgan fingerprint density at radius 1 is 1.27 bits per heavy atom. The van der Waals surface area contributed by atoms with E-state index in [1.807, 2.05) is 22.7 Å². The predicted octanol–water partition coefficient (Wildman–Crippen LogP) is 5.05. The first-order valence-electron chi connectivity index (χ1n) is 5.04. The molecule has 2 heterocycles. The van der Waals surface area contributed by atoms with Crippen LogP contribution >= 0.6 is 38.6 Å². The molecule has 2 aromatic heterocycles. The molecular formula is C12H13BrS2. The van der Waals surface area contributed by atoms with Crippen molar-refractivity contribution in [1.82, 2.24) is 0 Å². The van der Waals surface area contributed by atoms with Crippen LogP contribution in [0.15, 0.2) is 29.6 Å². The van der Waals surface area contributed by atoms with Crippen molar-refractivity contribution in [2.75, 3.05) is 0 Å². The molecule has 15 heavy (non-hydrogen) atoms. The first kappa shape index (κ1) is 11.4. The Balaban J connectivity index is 2.04. The van der Waals surface area contributed by atoms with Crippen molar-refractivity contribution in [3.63, 3.8) is 0 Å². The van der Waals surface area contributed by atoms with Gasteiger partial charge < -0.3 is 0 Å². The van der Waals surface area contributed by atoms with Gasteiger partial charge in [0.05, 0.1) is 4.83 Å². The molecule has 0 nitrogen and oxygen atoms in total. The summed E-state index contributed by atoms with van der Waals surface area (Å²) in [7, 11) is 0. The SMILES string of the molecule is CCc1ccc(C(Br)Cc2cccs2)s1. The Hall–Kier alpha value is -0.120. The van der Waals surface area contributed by atoms with E-state index in [1.165, 1.54) is 14.6 Å². The smallest absolute Gasteiger partial charge is 0.0537 e. The van der Waals surface area contributed by atoms with Gasteiger partial charge in [0.25, 0.3) is 0 Å². The highest BCUT2D eigenvalue weighted by molar-refractivity contribution is 9.09. The van der Waals surface area contributed by atoms with E-state index in [1.54, 1.807) is 0 Å². The first-order chi connectivity index (χ1) is 7.29. The van der Waals surface area contributed by atoms with Gasteiger partial charge >= 0.3 is 0 Å². The van der Waals surface area contributed by atoms with Crippen molar-refractivity contribution < 1.29 is 0 Å². The second-order valence-corrected chi connectivity index (χ2v) is 6.75. The molecule has 3 heteroatoms. The monoisotopic (exact) mass is 300 g/mol. The summed E-state index contributed by atoms with van der Waals surface area (Å²) < 4.78 is 0. The molecule has 2 rings (SSSR count). The molecule has 0 saturated carbocycles. The van der Waals surface area contributed by atoms with Gasteiger partial charge in [-0.3, -0.25) is 0 Å². The fourth-order valence-electron chi connectivity index (χ4n) is 1.46. The van der Waals surface area contributed by atoms with Crippen LogP contribution in [-0.4, -0.2) is 0 Å². The highest BCUT2D eigenvalue weighted by Gasteiger charge is 2.11. The van der Waals surface area contributed by atoms with E-state index in [0.717, 1.165) is 12.8 Å². The Kier molecular flexibility index (Phi) is 4.00. The summed E-state index contributed by atoms with van der Waals surface area (Å²) in [6, 6.07) is 8.80. The highest BCUT2D eigenvalue weighted by atomic mass is 79.9. The highest BCUT2D eigenvalue weighted by Crippen LogP contribution is 2.33. The van der Waals surface area contributed by atoms with Crippen LogP contribution in [0.5, 0.6) is 0 Å². The number of halogens is 1. The molecule has 0 bridgehead atoms. The lowest BCUT2D eigenvalue weighted by Crippen LogP contribution is -1.89. The zero-order chi connectivity index (χ0) is 10.7. The van der Waals surface area contributed by atoms with Crippen LogP contribution in [0.4, 0.5) is 0 Å². The van der Waals surface area contributed by atoms with E-state index in [-0.39, 0.29) is 0 Å². The van der Waals surface area contributed by atoms with Crippen molar-refractivity contribution in [2.45, 2.75) is 24.6 Å². The van der Waals surface area contributed by atoms with E-state index < -0.39 is 0 Å². The number of hydrogen-bond acceptors (Lipinski definition) is 2.